The molecule has 0 bridgehead atoms. The lowest BCUT2D eigenvalue weighted by Gasteiger charge is -2.07. The molecule has 0 aliphatic rings. The molecule has 0 aliphatic heterocycles. The number of benzene rings is 1. The number of aromatic nitrogens is 2. The van der Waals surface area contributed by atoms with Crippen molar-refractivity contribution in [2.75, 3.05) is 13.2 Å². The molecule has 0 atom stereocenters. The van der Waals surface area contributed by atoms with Gasteiger partial charge < -0.3 is 14.5 Å². The number of hydrogen-bond acceptors (Lipinski definition) is 5. The molecule has 2 aromatic heterocycles. The van der Waals surface area contributed by atoms with Crippen molar-refractivity contribution in [3.8, 4) is 17.3 Å². The van der Waals surface area contributed by atoms with Crippen LogP contribution in [0.25, 0.3) is 11.5 Å². The summed E-state index contributed by atoms with van der Waals surface area (Å²) >= 11 is 0. The Bertz CT molecular complexity index is 799. The molecule has 0 fully saturated rings. The van der Waals surface area contributed by atoms with E-state index in [2.05, 4.69) is 15.5 Å². The summed E-state index contributed by atoms with van der Waals surface area (Å²) in [6, 6.07) is 14.5. The molecule has 1 amide bonds. The molecule has 1 aromatic carbocycles. The molecule has 6 nitrogen and oxygen atoms in total. The van der Waals surface area contributed by atoms with E-state index < -0.39 is 0 Å². The molecule has 1 N–H and O–H groups in total. The fourth-order valence-corrected chi connectivity index (χ4v) is 2.16. The number of aryl methyl sites for hydroxylation is 1. The second kappa shape index (κ2) is 7.41. The monoisotopic (exact) mass is 323 g/mol. The summed E-state index contributed by atoms with van der Waals surface area (Å²) in [4.78, 5) is 12.0. The number of amides is 1. The molecule has 6 heteroatoms. The van der Waals surface area contributed by atoms with Gasteiger partial charge in [-0.3, -0.25) is 4.79 Å². The van der Waals surface area contributed by atoms with Crippen LogP contribution in [0, 0.1) is 6.92 Å². The van der Waals surface area contributed by atoms with Crippen LogP contribution < -0.4 is 10.1 Å². The molecule has 0 unspecified atom stereocenters. The predicted molar refractivity (Wildman–Crippen MR) is 88.7 cm³/mol. The number of ether oxygens (including phenoxy) is 1. The first-order valence-electron chi connectivity index (χ1n) is 7.57. The standard InChI is InChI=1S/C18H17N3O3/c1-13-4-2-5-14(12-13)18(22)19-9-11-24-17-8-7-15(20-21-17)16-6-3-10-23-16/h2-8,10,12H,9,11H2,1H3,(H,19,22). The van der Waals surface area contributed by atoms with E-state index in [1.807, 2.05) is 31.2 Å². The number of furan rings is 1. The Kier molecular flexibility index (Phi) is 4.86. The minimum absolute atomic E-state index is 0.124. The molecular weight excluding hydrogens is 306 g/mol. The van der Waals surface area contributed by atoms with E-state index in [4.69, 9.17) is 9.15 Å². The highest BCUT2D eigenvalue weighted by molar-refractivity contribution is 5.94. The third kappa shape index (κ3) is 3.98. The number of nitrogens with one attached hydrogen (secondary N) is 1. The van der Waals surface area contributed by atoms with Crippen molar-refractivity contribution in [1.82, 2.24) is 15.5 Å². The summed E-state index contributed by atoms with van der Waals surface area (Å²) in [7, 11) is 0. The number of carbonyl (C=O) groups is 1. The van der Waals surface area contributed by atoms with Crippen molar-refractivity contribution in [3.63, 3.8) is 0 Å². The molecule has 0 saturated carbocycles. The van der Waals surface area contributed by atoms with Crippen LogP contribution in [0.15, 0.2) is 59.2 Å². The maximum Gasteiger partial charge on any atom is 0.251 e. The molecule has 0 radical (unpaired) electrons. The molecule has 24 heavy (non-hydrogen) atoms. The van der Waals surface area contributed by atoms with Crippen LogP contribution in [-0.2, 0) is 0 Å². The molecule has 0 aliphatic carbocycles. The minimum Gasteiger partial charge on any atom is -0.475 e. The van der Waals surface area contributed by atoms with Gasteiger partial charge in [0.1, 0.15) is 12.3 Å². The normalized spacial score (nSPS) is 10.4. The summed E-state index contributed by atoms with van der Waals surface area (Å²) in [5, 5.41) is 10.8. The van der Waals surface area contributed by atoms with E-state index in [0.717, 1.165) is 5.56 Å². The van der Waals surface area contributed by atoms with Crippen molar-refractivity contribution in [2.45, 2.75) is 6.92 Å². The van der Waals surface area contributed by atoms with Gasteiger partial charge in [0, 0.05) is 11.6 Å². The number of rotatable bonds is 6. The zero-order valence-corrected chi connectivity index (χ0v) is 13.2. The molecule has 0 saturated heterocycles. The van der Waals surface area contributed by atoms with Gasteiger partial charge in [0.05, 0.1) is 12.8 Å². The number of nitrogens with zero attached hydrogens (tertiary/aromatic N) is 2. The Balaban J connectivity index is 1.46. The smallest absolute Gasteiger partial charge is 0.251 e. The van der Waals surface area contributed by atoms with Crippen molar-refractivity contribution < 1.29 is 13.9 Å². The maximum absolute atomic E-state index is 12.0. The maximum atomic E-state index is 12.0. The highest BCUT2D eigenvalue weighted by Gasteiger charge is 2.06. The fraction of sp³-hybridized carbons (Fsp3) is 0.167. The van der Waals surface area contributed by atoms with E-state index in [-0.39, 0.29) is 5.91 Å². The van der Waals surface area contributed by atoms with Crippen LogP contribution in [0.2, 0.25) is 0 Å². The Labute approximate surface area is 139 Å². The van der Waals surface area contributed by atoms with E-state index in [0.29, 0.717) is 36.0 Å². The van der Waals surface area contributed by atoms with Gasteiger partial charge in [-0.1, -0.05) is 17.7 Å². The predicted octanol–water partition coefficient (Wildman–Crippen LogP) is 2.85. The largest absolute Gasteiger partial charge is 0.475 e. The van der Waals surface area contributed by atoms with Crippen LogP contribution in [0.3, 0.4) is 0 Å². The van der Waals surface area contributed by atoms with Gasteiger partial charge in [-0.2, -0.15) is 0 Å². The summed E-state index contributed by atoms with van der Waals surface area (Å²) < 4.78 is 10.7. The van der Waals surface area contributed by atoms with Crippen LogP contribution in [0.5, 0.6) is 5.88 Å². The Morgan fingerprint density at radius 3 is 2.79 bits per heavy atom. The van der Waals surface area contributed by atoms with E-state index in [1.54, 1.807) is 30.5 Å². The average molecular weight is 323 g/mol. The van der Waals surface area contributed by atoms with E-state index in [9.17, 15) is 4.79 Å². The SMILES string of the molecule is Cc1cccc(C(=O)NCCOc2ccc(-c3ccco3)nn2)c1. The molecule has 0 spiro atoms. The molecule has 3 rings (SSSR count). The molecule has 122 valence electrons. The summed E-state index contributed by atoms with van der Waals surface area (Å²) in [6.45, 7) is 2.64. The fourth-order valence-electron chi connectivity index (χ4n) is 2.16. The average Bonchev–Trinajstić information content (AvgIpc) is 3.14. The second-order valence-electron chi connectivity index (χ2n) is 5.21. The molecule has 3 aromatic rings. The lowest BCUT2D eigenvalue weighted by atomic mass is 10.1. The topological polar surface area (TPSA) is 77.2 Å². The zero-order valence-electron chi connectivity index (χ0n) is 13.2. The molecular formula is C18H17N3O3. The van der Waals surface area contributed by atoms with E-state index >= 15 is 0 Å². The second-order valence-corrected chi connectivity index (χ2v) is 5.21. The molecule has 2 heterocycles. The van der Waals surface area contributed by atoms with Gasteiger partial charge in [-0.05, 0) is 37.3 Å². The van der Waals surface area contributed by atoms with Crippen LogP contribution in [0.1, 0.15) is 15.9 Å². The van der Waals surface area contributed by atoms with Crippen LogP contribution in [-0.4, -0.2) is 29.3 Å². The number of hydrogen-bond donors (Lipinski definition) is 1. The van der Waals surface area contributed by atoms with Gasteiger partial charge >= 0.3 is 0 Å². The lowest BCUT2D eigenvalue weighted by Crippen LogP contribution is -2.28. The van der Waals surface area contributed by atoms with Crippen LogP contribution >= 0.6 is 0 Å². The van der Waals surface area contributed by atoms with Crippen molar-refractivity contribution in [1.29, 1.82) is 0 Å². The Morgan fingerprint density at radius 2 is 2.08 bits per heavy atom. The Morgan fingerprint density at radius 1 is 1.17 bits per heavy atom. The van der Waals surface area contributed by atoms with E-state index in [1.165, 1.54) is 0 Å². The Hall–Kier alpha value is -3.15. The van der Waals surface area contributed by atoms with Gasteiger partial charge in [0.2, 0.25) is 5.88 Å². The zero-order chi connectivity index (χ0) is 16.8. The first-order valence-corrected chi connectivity index (χ1v) is 7.57. The van der Waals surface area contributed by atoms with Crippen molar-refractivity contribution >= 4 is 5.91 Å². The van der Waals surface area contributed by atoms with Crippen molar-refractivity contribution in [2.24, 2.45) is 0 Å². The van der Waals surface area contributed by atoms with Crippen LogP contribution in [0.4, 0.5) is 0 Å². The first-order chi connectivity index (χ1) is 11.7. The van der Waals surface area contributed by atoms with Gasteiger partial charge in [0.25, 0.3) is 5.91 Å². The van der Waals surface area contributed by atoms with Crippen molar-refractivity contribution in [3.05, 3.63) is 65.9 Å². The minimum atomic E-state index is -0.124. The first kappa shape index (κ1) is 15.7. The van der Waals surface area contributed by atoms with Gasteiger partial charge in [-0.25, -0.2) is 0 Å². The summed E-state index contributed by atoms with van der Waals surface area (Å²) in [5.74, 6) is 0.927. The third-order valence-corrected chi connectivity index (χ3v) is 3.33. The van der Waals surface area contributed by atoms with Gasteiger partial charge in [-0.15, -0.1) is 10.2 Å². The third-order valence-electron chi connectivity index (χ3n) is 3.33. The highest BCUT2D eigenvalue weighted by atomic mass is 16.5. The summed E-state index contributed by atoms with van der Waals surface area (Å²) in [6.07, 6.45) is 1.58. The number of carbonyl (C=O) groups excluding carboxylic acids is 1. The quantitative estimate of drug-likeness (QED) is 0.706. The highest BCUT2D eigenvalue weighted by Crippen LogP contribution is 2.17. The summed E-state index contributed by atoms with van der Waals surface area (Å²) in [5.41, 5.74) is 2.32. The van der Waals surface area contributed by atoms with Gasteiger partial charge in [0.15, 0.2) is 5.76 Å². The lowest BCUT2D eigenvalue weighted by molar-refractivity contribution is 0.0946.